The van der Waals surface area contributed by atoms with Crippen molar-refractivity contribution in [1.82, 2.24) is 10.9 Å². The molecule has 0 bridgehead atoms. The Morgan fingerprint density at radius 2 is 1.11 bits per heavy atom. The number of amides is 4. The first-order chi connectivity index (χ1) is 27.2. The van der Waals surface area contributed by atoms with Crippen molar-refractivity contribution in [3.63, 3.8) is 0 Å². The first kappa shape index (κ1) is 39.8. The second-order valence-electron chi connectivity index (χ2n) is 12.3. The molecule has 0 saturated heterocycles. The van der Waals surface area contributed by atoms with E-state index in [0.717, 1.165) is 24.3 Å². The highest BCUT2D eigenvalue weighted by atomic mass is 19.4. The molecule has 4 aromatic carbocycles. The van der Waals surface area contributed by atoms with E-state index in [0.29, 0.717) is 22.6 Å². The molecule has 4 amide bonds. The lowest BCUT2D eigenvalue weighted by atomic mass is 9.93. The largest absolute Gasteiger partial charge is 0.478 e. The third kappa shape index (κ3) is 9.85. The molecule has 2 aliphatic rings. The number of fused-ring (bicyclic) bond motifs is 2. The number of alkyl halides is 6. The molecule has 0 aromatic heterocycles. The number of carbonyl (C=O) groups is 4. The van der Waals surface area contributed by atoms with Crippen LogP contribution < -0.4 is 35.7 Å². The molecule has 1 atom stereocenters. The average Bonchev–Trinajstić information content (AvgIpc) is 3.65. The highest BCUT2D eigenvalue weighted by molar-refractivity contribution is 6.51. The fraction of sp³-hybridized carbons (Fsp3) is 0.211. The minimum Gasteiger partial charge on any atom is -0.478 e. The Morgan fingerprint density at radius 1 is 0.596 bits per heavy atom. The third-order valence-electron chi connectivity index (χ3n) is 8.34. The van der Waals surface area contributed by atoms with E-state index < -0.39 is 90.3 Å². The number of anilines is 2. The van der Waals surface area contributed by atoms with E-state index in [4.69, 9.17) is 14.2 Å². The van der Waals surface area contributed by atoms with Crippen molar-refractivity contribution in [2.45, 2.75) is 44.1 Å². The molecule has 6 rings (SSSR count). The second kappa shape index (κ2) is 16.8. The van der Waals surface area contributed by atoms with E-state index in [-0.39, 0.29) is 24.0 Å². The minimum absolute atomic E-state index is 0.00164. The van der Waals surface area contributed by atoms with Crippen LogP contribution in [0.4, 0.5) is 37.7 Å². The number of hydrogen-bond acceptors (Lipinski definition) is 9. The van der Waals surface area contributed by atoms with E-state index >= 15 is 0 Å². The van der Waals surface area contributed by atoms with E-state index in [9.17, 15) is 45.5 Å². The third-order valence-corrected chi connectivity index (χ3v) is 8.34. The number of benzene rings is 4. The molecular weight excluding hydrogens is 766 g/mol. The predicted octanol–water partition coefficient (Wildman–Crippen LogP) is 6.72. The van der Waals surface area contributed by atoms with Gasteiger partial charge < -0.3 is 24.8 Å². The van der Waals surface area contributed by atoms with Crippen molar-refractivity contribution in [3.8, 4) is 17.2 Å². The molecular formula is C38H30F6N6O7. The molecule has 0 spiro atoms. The Morgan fingerprint density at radius 3 is 1.70 bits per heavy atom. The fourth-order valence-corrected chi connectivity index (χ4v) is 5.65. The van der Waals surface area contributed by atoms with E-state index in [1.807, 2.05) is 0 Å². The van der Waals surface area contributed by atoms with Crippen molar-refractivity contribution in [3.05, 3.63) is 113 Å². The molecule has 19 heteroatoms. The molecule has 13 nitrogen and oxygen atoms in total. The lowest BCUT2D eigenvalue weighted by Crippen LogP contribution is -2.37. The van der Waals surface area contributed by atoms with Gasteiger partial charge in [-0.25, -0.2) is 10.9 Å². The van der Waals surface area contributed by atoms with Gasteiger partial charge in [0.15, 0.2) is 17.6 Å². The van der Waals surface area contributed by atoms with Gasteiger partial charge in [-0.15, -0.1) is 0 Å². The van der Waals surface area contributed by atoms with Crippen LogP contribution in [-0.4, -0.2) is 41.8 Å². The number of nitrogens with zero attached hydrogens (tertiary/aromatic N) is 2. The summed E-state index contributed by atoms with van der Waals surface area (Å²) in [5.41, 5.74) is 2.27. The predicted molar refractivity (Wildman–Crippen MR) is 191 cm³/mol. The summed E-state index contributed by atoms with van der Waals surface area (Å²) in [6, 6.07) is 20.1. The molecule has 0 unspecified atom stereocenters. The summed E-state index contributed by atoms with van der Waals surface area (Å²) in [4.78, 5) is 51.0. The number of rotatable bonds is 11. The summed E-state index contributed by atoms with van der Waals surface area (Å²) >= 11 is 0. The van der Waals surface area contributed by atoms with Gasteiger partial charge in [0.2, 0.25) is 30.4 Å². The van der Waals surface area contributed by atoms with Gasteiger partial charge in [-0.3, -0.25) is 19.2 Å². The zero-order valence-corrected chi connectivity index (χ0v) is 29.3. The molecule has 2 aliphatic heterocycles. The van der Waals surface area contributed by atoms with Crippen LogP contribution in [-0.2, 0) is 31.5 Å². The van der Waals surface area contributed by atoms with Crippen LogP contribution in [0.25, 0.3) is 0 Å². The van der Waals surface area contributed by atoms with Crippen LogP contribution in [0.1, 0.15) is 54.0 Å². The van der Waals surface area contributed by atoms with E-state index in [1.165, 1.54) is 24.3 Å². The van der Waals surface area contributed by atoms with Crippen LogP contribution in [0, 0.1) is 0 Å². The fourth-order valence-electron chi connectivity index (χ4n) is 5.65. The number of halogens is 6. The Kier molecular flexibility index (Phi) is 11.7. The number of para-hydroxylation sites is 3. The Bertz CT molecular complexity index is 2260. The molecule has 2 heterocycles. The maximum atomic E-state index is 13.4. The van der Waals surface area contributed by atoms with Gasteiger partial charge in [-0.05, 0) is 48.5 Å². The number of carbonyl (C=O) groups excluding carboxylic acids is 4. The molecule has 0 fully saturated rings. The van der Waals surface area contributed by atoms with Crippen molar-refractivity contribution in [2.24, 2.45) is 10.2 Å². The van der Waals surface area contributed by atoms with Crippen LogP contribution in [0.3, 0.4) is 0 Å². The molecule has 57 heavy (non-hydrogen) atoms. The molecule has 4 aromatic rings. The molecule has 0 saturated carbocycles. The Balaban J connectivity index is 1.20. The van der Waals surface area contributed by atoms with Gasteiger partial charge in [-0.2, -0.15) is 36.5 Å². The first-order valence-corrected chi connectivity index (χ1v) is 17.0. The summed E-state index contributed by atoms with van der Waals surface area (Å²) in [6.07, 6.45) is -12.6. The maximum Gasteiger partial charge on any atom is 0.418 e. The standard InChI is InChI=1S/C38H30F6N6O7/c39-37(40,41)23-8-2-4-10-25(23)45-30(51)15-17-32(53)47-49-34-22-7-1-6-12-27(22)57-36(21-13-14-28-29(19-21)56-20-55-28)35(34)50-48-33(54)18-16-31(52)46-26-11-5-3-9-24(26)38(42,43)44/h1-14,19,36H,15-18,20H2,(H,45,51)(H,46,52)(H,47,53)(H,48,54)/b49-34+,50-35?/t36-/m0/s1. The van der Waals surface area contributed by atoms with Crippen molar-refractivity contribution >= 4 is 46.4 Å². The van der Waals surface area contributed by atoms with Crippen LogP contribution in [0.15, 0.2) is 101 Å². The summed E-state index contributed by atoms with van der Waals surface area (Å²) in [5, 5.41) is 12.8. The molecule has 0 aliphatic carbocycles. The summed E-state index contributed by atoms with van der Waals surface area (Å²) in [7, 11) is 0. The normalized spacial score (nSPS) is 16.0. The second-order valence-corrected chi connectivity index (χ2v) is 12.3. The first-order valence-electron chi connectivity index (χ1n) is 17.0. The monoisotopic (exact) mass is 796 g/mol. The van der Waals surface area contributed by atoms with Crippen LogP contribution in [0.5, 0.6) is 17.2 Å². The quantitative estimate of drug-likeness (QED) is 0.0966. The minimum atomic E-state index is -4.73. The van der Waals surface area contributed by atoms with Crippen LogP contribution in [0.2, 0.25) is 0 Å². The van der Waals surface area contributed by atoms with Gasteiger partial charge in [0.1, 0.15) is 17.2 Å². The molecule has 4 N–H and O–H groups in total. The van der Waals surface area contributed by atoms with Gasteiger partial charge in [0, 0.05) is 36.8 Å². The highest BCUT2D eigenvalue weighted by Gasteiger charge is 2.36. The number of hydrazone groups is 2. The van der Waals surface area contributed by atoms with Gasteiger partial charge >= 0.3 is 12.4 Å². The van der Waals surface area contributed by atoms with Crippen molar-refractivity contribution in [1.29, 1.82) is 0 Å². The van der Waals surface area contributed by atoms with Gasteiger partial charge in [-0.1, -0.05) is 42.5 Å². The number of ether oxygens (including phenoxy) is 3. The smallest absolute Gasteiger partial charge is 0.418 e. The number of nitrogens with one attached hydrogen (secondary N) is 4. The van der Waals surface area contributed by atoms with Gasteiger partial charge in [0.25, 0.3) is 0 Å². The lowest BCUT2D eigenvalue weighted by Gasteiger charge is -2.29. The van der Waals surface area contributed by atoms with Crippen molar-refractivity contribution in [2.75, 3.05) is 17.4 Å². The van der Waals surface area contributed by atoms with E-state index in [2.05, 4.69) is 31.7 Å². The SMILES string of the molecule is O=C(CCC(=O)Nc1ccccc1C(F)(F)F)NN=C1/C(=N/NC(=O)CCC(=O)Nc2ccccc2C(F)(F)F)c2ccccc2O[C@H]1c1ccc2c(c1)OCO2. The number of hydrogen-bond donors (Lipinski definition) is 4. The molecule has 0 radical (unpaired) electrons. The Labute approximate surface area is 319 Å². The van der Waals surface area contributed by atoms with Crippen molar-refractivity contribution < 1.29 is 59.7 Å². The summed E-state index contributed by atoms with van der Waals surface area (Å²) in [5.74, 6) is -2.23. The zero-order chi connectivity index (χ0) is 40.7. The lowest BCUT2D eigenvalue weighted by molar-refractivity contribution is -0.138. The summed E-state index contributed by atoms with van der Waals surface area (Å²) in [6.45, 7) is -0.0366. The Hall–Kier alpha value is -6.92. The highest BCUT2D eigenvalue weighted by Crippen LogP contribution is 2.39. The topological polar surface area (TPSA) is 169 Å². The van der Waals surface area contributed by atoms with Gasteiger partial charge in [0.05, 0.1) is 22.5 Å². The van der Waals surface area contributed by atoms with E-state index in [1.54, 1.807) is 42.5 Å². The summed E-state index contributed by atoms with van der Waals surface area (Å²) < 4.78 is 97.5. The zero-order valence-electron chi connectivity index (χ0n) is 29.3. The maximum absolute atomic E-state index is 13.4. The van der Waals surface area contributed by atoms with Crippen LogP contribution >= 0.6 is 0 Å². The average molecular weight is 797 g/mol. The molecule has 296 valence electrons.